The predicted molar refractivity (Wildman–Crippen MR) is 79.1 cm³/mol. The van der Waals surface area contributed by atoms with Gasteiger partial charge in [-0.15, -0.1) is 0 Å². The number of halogens is 2. The van der Waals surface area contributed by atoms with E-state index >= 15 is 0 Å². The average Bonchev–Trinajstić information content (AvgIpc) is 2.57. The number of Topliss-reactive ketones (excluding diaryl/α,β-unsaturated/α-hetero) is 1. The van der Waals surface area contributed by atoms with E-state index in [1.807, 2.05) is 13.8 Å². The molecule has 0 bridgehead atoms. The summed E-state index contributed by atoms with van der Waals surface area (Å²) in [4.78, 5) is 34.8. The van der Waals surface area contributed by atoms with Crippen LogP contribution in [-0.4, -0.2) is 42.3 Å². The van der Waals surface area contributed by atoms with Gasteiger partial charge in [0.2, 0.25) is 0 Å². The standard InChI is InChI=1S/C10H11Br2NO4.C2H6/c1-6(14)2-4-17-5-3-13-9(15)7(11)8(12)10(13)16;1-2/h2-5H2,1H3;1-2H3. The van der Waals surface area contributed by atoms with Gasteiger partial charge in [-0.1, -0.05) is 13.8 Å². The monoisotopic (exact) mass is 397 g/mol. The molecule has 5 nitrogen and oxygen atoms in total. The van der Waals surface area contributed by atoms with Crippen LogP contribution in [0.5, 0.6) is 0 Å². The molecule has 19 heavy (non-hydrogen) atoms. The third-order valence-electron chi connectivity index (χ3n) is 2.12. The number of nitrogens with zero attached hydrogens (tertiary/aromatic N) is 1. The second-order valence-corrected chi connectivity index (χ2v) is 5.04. The summed E-state index contributed by atoms with van der Waals surface area (Å²) in [5, 5.41) is 0. The summed E-state index contributed by atoms with van der Waals surface area (Å²) in [6.45, 7) is 6.20. The molecule has 0 saturated heterocycles. The molecule has 0 aromatic rings. The number of carbonyl (C=O) groups is 3. The number of ketones is 1. The van der Waals surface area contributed by atoms with Crippen LogP contribution >= 0.6 is 31.9 Å². The molecule has 108 valence electrons. The number of rotatable bonds is 6. The Labute approximate surface area is 129 Å². The second kappa shape index (κ2) is 9.39. The molecule has 0 aliphatic carbocycles. The van der Waals surface area contributed by atoms with Crippen LogP contribution < -0.4 is 0 Å². The Morgan fingerprint density at radius 1 is 1.11 bits per heavy atom. The number of ether oxygens (including phenoxy) is 1. The summed E-state index contributed by atoms with van der Waals surface area (Å²) in [6.07, 6.45) is 0.341. The largest absolute Gasteiger partial charge is 0.379 e. The van der Waals surface area contributed by atoms with Gasteiger partial charge in [0.15, 0.2) is 0 Å². The van der Waals surface area contributed by atoms with Crippen molar-refractivity contribution in [3.63, 3.8) is 0 Å². The first-order valence-corrected chi connectivity index (χ1v) is 7.52. The quantitative estimate of drug-likeness (QED) is 0.509. The highest BCUT2D eigenvalue weighted by Crippen LogP contribution is 2.28. The van der Waals surface area contributed by atoms with Crippen molar-refractivity contribution in [2.45, 2.75) is 27.2 Å². The van der Waals surface area contributed by atoms with Crippen LogP contribution in [0.3, 0.4) is 0 Å². The van der Waals surface area contributed by atoms with Gasteiger partial charge < -0.3 is 4.74 Å². The van der Waals surface area contributed by atoms with Crippen molar-refractivity contribution in [1.29, 1.82) is 0 Å². The summed E-state index contributed by atoms with van der Waals surface area (Å²) in [6, 6.07) is 0. The molecule has 1 heterocycles. The summed E-state index contributed by atoms with van der Waals surface area (Å²) >= 11 is 6.05. The molecule has 0 saturated carbocycles. The van der Waals surface area contributed by atoms with E-state index in [4.69, 9.17) is 4.74 Å². The predicted octanol–water partition coefficient (Wildman–Crippen LogP) is 2.38. The van der Waals surface area contributed by atoms with E-state index in [-0.39, 0.29) is 39.7 Å². The lowest BCUT2D eigenvalue weighted by Gasteiger charge is -2.13. The summed E-state index contributed by atoms with van der Waals surface area (Å²) in [5.41, 5.74) is 0. The molecule has 0 aromatic carbocycles. The van der Waals surface area contributed by atoms with Gasteiger partial charge in [-0.25, -0.2) is 0 Å². The first kappa shape index (κ1) is 18.5. The lowest BCUT2D eigenvalue weighted by atomic mass is 10.3. The van der Waals surface area contributed by atoms with Crippen LogP contribution in [0.4, 0.5) is 0 Å². The Morgan fingerprint density at radius 2 is 1.58 bits per heavy atom. The smallest absolute Gasteiger partial charge is 0.269 e. The van der Waals surface area contributed by atoms with Crippen LogP contribution in [-0.2, 0) is 19.1 Å². The second-order valence-electron chi connectivity index (χ2n) is 3.45. The van der Waals surface area contributed by atoms with Gasteiger partial charge in [-0.2, -0.15) is 0 Å². The summed E-state index contributed by atoms with van der Waals surface area (Å²) in [5.74, 6) is -0.709. The SMILES string of the molecule is CC.CC(=O)CCOCCN1C(=O)C(Br)=C(Br)C1=O. The van der Waals surface area contributed by atoms with Crippen molar-refractivity contribution in [3.05, 3.63) is 8.96 Å². The molecule has 0 radical (unpaired) electrons. The van der Waals surface area contributed by atoms with Crippen molar-refractivity contribution in [2.75, 3.05) is 19.8 Å². The minimum atomic E-state index is -0.378. The highest BCUT2D eigenvalue weighted by molar-refractivity contribution is 9.14. The highest BCUT2D eigenvalue weighted by Gasteiger charge is 2.35. The first-order valence-electron chi connectivity index (χ1n) is 5.93. The van der Waals surface area contributed by atoms with Crippen LogP contribution in [0.2, 0.25) is 0 Å². The molecule has 1 aliphatic heterocycles. The fourth-order valence-electron chi connectivity index (χ4n) is 1.19. The zero-order valence-electron chi connectivity index (χ0n) is 11.2. The van der Waals surface area contributed by atoms with E-state index in [0.29, 0.717) is 13.0 Å². The van der Waals surface area contributed by atoms with Crippen LogP contribution in [0.25, 0.3) is 0 Å². The molecular formula is C12H17Br2NO4. The van der Waals surface area contributed by atoms with Crippen molar-refractivity contribution < 1.29 is 19.1 Å². The van der Waals surface area contributed by atoms with E-state index in [9.17, 15) is 14.4 Å². The molecule has 0 aromatic heterocycles. The van der Waals surface area contributed by atoms with Crippen molar-refractivity contribution in [2.24, 2.45) is 0 Å². The fraction of sp³-hybridized carbons (Fsp3) is 0.583. The lowest BCUT2D eigenvalue weighted by molar-refractivity contribution is -0.138. The maximum Gasteiger partial charge on any atom is 0.269 e. The van der Waals surface area contributed by atoms with E-state index in [1.165, 1.54) is 6.92 Å². The van der Waals surface area contributed by atoms with E-state index in [1.54, 1.807) is 0 Å². The summed E-state index contributed by atoms with van der Waals surface area (Å²) < 4.78 is 5.61. The molecule has 0 unspecified atom stereocenters. The third kappa shape index (κ3) is 5.54. The van der Waals surface area contributed by atoms with Gasteiger partial charge in [0.25, 0.3) is 11.8 Å². The highest BCUT2D eigenvalue weighted by atomic mass is 79.9. The van der Waals surface area contributed by atoms with Crippen LogP contribution in [0, 0.1) is 0 Å². The summed E-state index contributed by atoms with van der Waals surface area (Å²) in [7, 11) is 0. The van der Waals surface area contributed by atoms with Crippen molar-refractivity contribution in [1.82, 2.24) is 4.90 Å². The third-order valence-corrected chi connectivity index (χ3v) is 4.12. The Hall–Kier alpha value is -0.530. The van der Waals surface area contributed by atoms with Crippen LogP contribution in [0.1, 0.15) is 27.2 Å². The van der Waals surface area contributed by atoms with Gasteiger partial charge in [-0.05, 0) is 38.8 Å². The molecule has 1 aliphatic rings. The molecule has 1 rings (SSSR count). The Balaban J connectivity index is 0.00000154. The lowest BCUT2D eigenvalue weighted by Crippen LogP contribution is -2.34. The Kier molecular flexibility index (Phi) is 9.12. The topological polar surface area (TPSA) is 63.7 Å². The normalized spacial score (nSPS) is 14.7. The van der Waals surface area contributed by atoms with E-state index < -0.39 is 0 Å². The molecule has 0 N–H and O–H groups in total. The molecule has 7 heteroatoms. The van der Waals surface area contributed by atoms with Gasteiger partial charge >= 0.3 is 0 Å². The molecular weight excluding hydrogens is 382 g/mol. The van der Waals surface area contributed by atoms with Gasteiger partial charge in [0.1, 0.15) is 14.7 Å². The van der Waals surface area contributed by atoms with Gasteiger partial charge in [0, 0.05) is 6.42 Å². The minimum absolute atomic E-state index is 0.0467. The maximum atomic E-state index is 11.6. The fourth-order valence-corrected chi connectivity index (χ4v) is 1.96. The zero-order valence-corrected chi connectivity index (χ0v) is 14.3. The number of hydrogen-bond acceptors (Lipinski definition) is 4. The first-order chi connectivity index (χ1) is 8.95. The minimum Gasteiger partial charge on any atom is -0.379 e. The maximum absolute atomic E-state index is 11.6. The van der Waals surface area contributed by atoms with Crippen LogP contribution in [0.15, 0.2) is 8.96 Å². The molecule has 0 fully saturated rings. The van der Waals surface area contributed by atoms with Gasteiger partial charge in [0.05, 0.1) is 19.8 Å². The van der Waals surface area contributed by atoms with Gasteiger partial charge in [-0.3, -0.25) is 19.3 Å². The number of hydrogen-bond donors (Lipinski definition) is 0. The Morgan fingerprint density at radius 3 is 2.00 bits per heavy atom. The molecule has 0 atom stereocenters. The number of imide groups is 1. The zero-order chi connectivity index (χ0) is 15.0. The van der Waals surface area contributed by atoms with Crippen molar-refractivity contribution in [3.8, 4) is 0 Å². The molecule has 2 amide bonds. The average molecular weight is 399 g/mol. The van der Waals surface area contributed by atoms with E-state index in [0.717, 1.165) is 4.90 Å². The van der Waals surface area contributed by atoms with E-state index in [2.05, 4.69) is 31.9 Å². The number of carbonyl (C=O) groups excluding carboxylic acids is 3. The Bertz CT molecular complexity index is 369. The van der Waals surface area contributed by atoms with Crippen molar-refractivity contribution >= 4 is 49.5 Å². The number of amides is 2. The molecule has 0 spiro atoms.